The smallest absolute Gasteiger partial charge is 0.411 e. The molecule has 0 spiro atoms. The molecule has 3 aromatic carbocycles. The minimum Gasteiger partial charge on any atom is -0.492 e. The van der Waals surface area contributed by atoms with Crippen molar-refractivity contribution in [2.45, 2.75) is 252 Å². The molecule has 9 amide bonds. The van der Waals surface area contributed by atoms with E-state index in [9.17, 15) is 73.2 Å². The summed E-state index contributed by atoms with van der Waals surface area (Å²) in [5.74, 6) is 8.02. The van der Waals surface area contributed by atoms with E-state index in [0.717, 1.165) is 40.2 Å². The van der Waals surface area contributed by atoms with Gasteiger partial charge < -0.3 is 124 Å². The molecule has 5 saturated heterocycles. The molecule has 13 N–H and O–H groups in total. The van der Waals surface area contributed by atoms with E-state index in [1.165, 1.54) is 88.2 Å². The van der Waals surface area contributed by atoms with Crippen LogP contribution in [0.2, 0.25) is 0 Å². The molecular formula is C93H115IN10O30S3. The van der Waals surface area contributed by atoms with Gasteiger partial charge in [-0.3, -0.25) is 58.2 Å². The summed E-state index contributed by atoms with van der Waals surface area (Å²) in [6.45, 7) is 11.7. The molecule has 7 heterocycles. The van der Waals surface area contributed by atoms with Gasteiger partial charge in [0.15, 0.2) is 48.0 Å². The number of benzene rings is 3. The van der Waals surface area contributed by atoms with E-state index in [0.29, 0.717) is 46.1 Å². The zero-order chi connectivity index (χ0) is 98.7. The SMILES string of the molecule is COC(=O)NC1=C2/C(=C\CSSC(C)(C)CCC(=O)NCCNC(=O)OCc3ccc(NC(=O)[C@H](C)NC(=O)[C@H](Cc4c[nH]c5ccccc45)NC(=O)CCCCCN4C(=O)C=CC4=O)cc3)[C@](O)(C#C/C=C\C#C[C@@H]2OC2OC(C)C(NOC3CC(O)C(SC(=O)c4c(C)c(I)c(OC5OC6OC6C(OC)C5O)c(OC)c4OC)C(C)O3)C(O)C2OC2CC(OC)C(NC(C)=O)CO2)CC1=O. The maximum absolute atomic E-state index is 14.6. The van der Waals surface area contributed by atoms with Crippen molar-refractivity contribution in [2.75, 3.05) is 72.9 Å². The highest BCUT2D eigenvalue weighted by Crippen LogP contribution is 2.51. The van der Waals surface area contributed by atoms with Crippen LogP contribution in [0.15, 0.2) is 102 Å². The zero-order valence-corrected chi connectivity index (χ0v) is 82.0. The lowest BCUT2D eigenvalue weighted by atomic mass is 9.75. The molecular weight excluding hydrogens is 1960 g/mol. The van der Waals surface area contributed by atoms with Crippen molar-refractivity contribution in [2.24, 2.45) is 0 Å². The molecule has 0 radical (unpaired) electrons. The number of aliphatic hydroxyl groups excluding tert-OH is 3. The third kappa shape index (κ3) is 27.5. The van der Waals surface area contributed by atoms with Gasteiger partial charge in [0.05, 0.1) is 90.9 Å². The van der Waals surface area contributed by atoms with Gasteiger partial charge in [0.25, 0.3) is 11.8 Å². The van der Waals surface area contributed by atoms with Crippen LogP contribution in [0.25, 0.3) is 10.9 Å². The van der Waals surface area contributed by atoms with Crippen LogP contribution in [-0.4, -0.2) is 295 Å². The first kappa shape index (κ1) is 106. The van der Waals surface area contributed by atoms with E-state index in [1.807, 2.05) is 60.7 Å². The molecule has 21 atom stereocenters. The Balaban J connectivity index is 0.632. The number of alkyl carbamates (subject to hydrolysis) is 2. The van der Waals surface area contributed by atoms with Crippen LogP contribution in [0.5, 0.6) is 17.2 Å². The number of epoxide rings is 1. The Hall–Kier alpha value is -9.77. The Morgan fingerprint density at radius 1 is 0.781 bits per heavy atom. The molecule has 4 aromatic rings. The summed E-state index contributed by atoms with van der Waals surface area (Å²) in [4.78, 5) is 156. The highest BCUT2D eigenvalue weighted by Gasteiger charge is 2.59. The number of anilines is 1. The van der Waals surface area contributed by atoms with Gasteiger partial charge in [-0.2, -0.15) is 5.48 Å². The fourth-order valence-corrected chi connectivity index (χ4v) is 20.6. The Bertz CT molecular complexity index is 5320. The number of unbranched alkanes of at least 4 members (excludes halogenated alkanes) is 2. The monoisotopic (exact) mass is 2070 g/mol. The predicted octanol–water partition coefficient (Wildman–Crippen LogP) is 5.16. The second-order valence-electron chi connectivity index (χ2n) is 34.0. The summed E-state index contributed by atoms with van der Waals surface area (Å²) in [6.07, 6.45) is -9.22. The van der Waals surface area contributed by atoms with Gasteiger partial charge in [0, 0.05) is 129 Å². The zero-order valence-electron chi connectivity index (χ0n) is 77.4. The summed E-state index contributed by atoms with van der Waals surface area (Å²) in [5.41, 5.74) is 3.21. The highest BCUT2D eigenvalue weighted by molar-refractivity contribution is 14.1. The standard InChI is InChI=1S/C93H115IN10O30S3/c1-47-70(77(121-9)81(123-11)78(72(47)94)131-87-76(113)79(122-10)82-89(132-82)133-87)86(116)136-83-50(4)127-69(41-60(83)106)134-103-73-49(3)128-88(80(75(73)112)130-68-42-63(120-8)59(46-125-68)99-51(5)105)129-62-24-16-13-14-20-34-93(119)43-61(107)74(102-91(118)124-12)71(62)56(93)33-39-135-137-92(6,7)35-32-64(108)95-36-37-96-90(117)126-45-52-26-28-54(29-27-52)100-84(114)48(2)98-85(115)58(40-53-44-97-57-23-19-18-22-55(53)57)101-65(109)25-17-15-21-38-104-66(110)30-31-67(104)111/h13-14,18-19,22-23,26-31,33,44,48-50,58-60,62-63,68-69,73,75-76,79-80,82-83,87-89,97,103,106,112-113,119H,15,17,21,25,32,35-43,45-46H2,1-12H3,(H,95,108)(H,96,117)(H,98,115)(H,99,105)(H,100,114)(H,101,109)(H,102,118)/b14-13-,56-33+/t48-,49?,50?,58-,59?,60?,62-,63?,68?,69?,73?,75?,76?,79?,80?,82?,83?,87?,88?,89?,93-/m0/s1. The van der Waals surface area contributed by atoms with Crippen molar-refractivity contribution in [1.82, 2.24) is 47.3 Å². The lowest BCUT2D eigenvalue weighted by Crippen LogP contribution is -2.65. The van der Waals surface area contributed by atoms with Crippen molar-refractivity contribution >= 4 is 137 Å². The number of hydroxylamine groups is 1. The number of amides is 9. The topological polar surface area (TPSA) is 526 Å². The molecule has 44 heteroatoms. The van der Waals surface area contributed by atoms with E-state index in [-0.39, 0.29) is 140 Å². The van der Waals surface area contributed by atoms with E-state index < -0.39 is 174 Å². The molecule has 137 heavy (non-hydrogen) atoms. The average Bonchev–Trinajstić information content (AvgIpc) is 1.75. The maximum Gasteiger partial charge on any atom is 0.411 e. The number of para-hydroxylation sites is 1. The van der Waals surface area contributed by atoms with Crippen LogP contribution in [0, 0.1) is 34.2 Å². The highest BCUT2D eigenvalue weighted by atomic mass is 127. The number of aromatic nitrogens is 1. The summed E-state index contributed by atoms with van der Waals surface area (Å²) in [5, 5.41) is 67.1. The van der Waals surface area contributed by atoms with Gasteiger partial charge in [-0.15, -0.1) is 0 Å². The van der Waals surface area contributed by atoms with Gasteiger partial charge >= 0.3 is 12.2 Å². The number of aromatic amines is 1. The number of H-pyrrole nitrogens is 1. The number of rotatable bonds is 42. The molecule has 2 bridgehead atoms. The number of carbonyl (C=O) groups is 11. The quantitative estimate of drug-likeness (QED) is 0.00518. The largest absolute Gasteiger partial charge is 0.492 e. The number of ether oxygens (including phenoxy) is 14. The number of halogens is 1. The minimum absolute atomic E-state index is 0.00413. The third-order valence-electron chi connectivity index (χ3n) is 23.7. The molecule has 2 aliphatic carbocycles. The number of hydrogen-bond donors (Lipinski definition) is 13. The summed E-state index contributed by atoms with van der Waals surface area (Å²) in [7, 11) is 9.43. The number of imide groups is 1. The number of fused-ring (bicyclic) bond motifs is 4. The number of nitrogens with one attached hydrogen (secondary N) is 9. The van der Waals surface area contributed by atoms with Crippen molar-refractivity contribution in [1.29, 1.82) is 0 Å². The van der Waals surface area contributed by atoms with Crippen molar-refractivity contribution in [3.8, 4) is 40.9 Å². The number of hydrogen-bond acceptors (Lipinski definition) is 34. The van der Waals surface area contributed by atoms with Crippen LogP contribution in [0.3, 0.4) is 0 Å². The molecule has 5 fully saturated rings. The lowest BCUT2D eigenvalue weighted by molar-refractivity contribution is -0.336. The normalized spacial score (nSPS) is 27.6. The number of ketones is 1. The van der Waals surface area contributed by atoms with Crippen LogP contribution in [0.1, 0.15) is 126 Å². The Morgan fingerprint density at radius 3 is 2.23 bits per heavy atom. The van der Waals surface area contributed by atoms with E-state index in [2.05, 4.69) is 71.4 Å². The van der Waals surface area contributed by atoms with Crippen LogP contribution in [0.4, 0.5) is 15.3 Å². The molecule has 742 valence electrons. The average molecular weight is 2080 g/mol. The fourth-order valence-electron chi connectivity index (χ4n) is 16.4. The van der Waals surface area contributed by atoms with Crippen molar-refractivity contribution < 1.29 is 144 Å². The number of Topliss-reactive ketones (excluding diaryl/α,β-unsaturated/α-hetero) is 1. The molecule has 12 rings (SSSR count). The van der Waals surface area contributed by atoms with Crippen LogP contribution >= 0.6 is 55.9 Å². The molecule has 17 unspecified atom stereocenters. The third-order valence-corrected chi connectivity index (χ3v) is 29.6. The molecule has 6 aliphatic heterocycles. The van der Waals surface area contributed by atoms with Crippen molar-refractivity contribution in [3.05, 3.63) is 128 Å². The second-order valence-corrected chi connectivity index (χ2v) is 39.3. The Morgan fingerprint density at radius 2 is 1.52 bits per heavy atom. The van der Waals surface area contributed by atoms with Crippen molar-refractivity contribution in [3.63, 3.8) is 0 Å². The predicted molar refractivity (Wildman–Crippen MR) is 505 cm³/mol. The van der Waals surface area contributed by atoms with Gasteiger partial charge in [-0.25, -0.2) is 9.59 Å². The lowest BCUT2D eigenvalue weighted by Gasteiger charge is -2.46. The number of nitrogens with zero attached hydrogens (tertiary/aromatic N) is 1. The maximum atomic E-state index is 14.6. The van der Waals surface area contributed by atoms with Crippen LogP contribution in [-0.2, 0) is 108 Å². The summed E-state index contributed by atoms with van der Waals surface area (Å²) < 4.78 is 83.4. The number of methoxy groups -OCH3 is 5. The van der Waals surface area contributed by atoms with Gasteiger partial charge in [-0.1, -0.05) is 99.9 Å². The molecule has 40 nitrogen and oxygen atoms in total. The number of thioether (sulfide) groups is 1. The van der Waals surface area contributed by atoms with Gasteiger partial charge in [0.2, 0.25) is 46.7 Å². The molecule has 8 aliphatic rings. The Labute approximate surface area is 816 Å². The van der Waals surface area contributed by atoms with E-state index in [4.69, 9.17) is 71.2 Å². The summed E-state index contributed by atoms with van der Waals surface area (Å²) >= 11 is 2.80. The first-order valence-corrected chi connectivity index (χ1v) is 48.8. The van der Waals surface area contributed by atoms with E-state index in [1.54, 1.807) is 57.3 Å². The first-order valence-electron chi connectivity index (χ1n) is 44.5. The first-order chi connectivity index (χ1) is 65.5. The number of allylic oxidation sites excluding steroid dienone is 3. The number of carbonyl (C=O) groups excluding carboxylic acids is 11. The number of aliphatic hydroxyl groups is 4. The van der Waals surface area contributed by atoms with Crippen LogP contribution < -0.4 is 56.9 Å². The second kappa shape index (κ2) is 48.9. The molecule has 0 saturated carbocycles. The van der Waals surface area contributed by atoms with Gasteiger partial charge in [0.1, 0.15) is 55.3 Å². The molecule has 1 aromatic heterocycles. The summed E-state index contributed by atoms with van der Waals surface area (Å²) in [6, 6.07) is 10.1. The minimum atomic E-state index is -2.25. The fraction of sp³-hybridized carbons (Fsp3) is 0.538. The van der Waals surface area contributed by atoms with Gasteiger partial charge in [-0.05, 0) is 130 Å². The Kier molecular flexibility index (Phi) is 37.9. The van der Waals surface area contributed by atoms with E-state index >= 15 is 0 Å².